The number of nitrogens with one attached hydrogen (secondary N) is 1. The highest BCUT2D eigenvalue weighted by Crippen LogP contribution is 2.24. The molecule has 2 aromatic heterocycles. The first-order valence-electron chi connectivity index (χ1n) is 5.66. The second-order valence-electron chi connectivity index (χ2n) is 4.35. The number of nitrogens with zero attached hydrogens (tertiary/aromatic N) is 3. The number of aryl methyl sites for hydroxylation is 2. The van der Waals surface area contributed by atoms with E-state index in [1.807, 2.05) is 6.92 Å². The van der Waals surface area contributed by atoms with Crippen molar-refractivity contribution in [1.29, 1.82) is 0 Å². The van der Waals surface area contributed by atoms with Crippen molar-refractivity contribution in [3.8, 4) is 0 Å². The van der Waals surface area contributed by atoms with Crippen LogP contribution in [0, 0.1) is 13.8 Å². The van der Waals surface area contributed by atoms with Crippen molar-refractivity contribution in [2.75, 3.05) is 10.5 Å². The number of aromatic nitrogens is 3. The van der Waals surface area contributed by atoms with E-state index in [-0.39, 0.29) is 16.5 Å². The summed E-state index contributed by atoms with van der Waals surface area (Å²) < 4.78 is 29.3. The number of pyridine rings is 1. The van der Waals surface area contributed by atoms with Crippen LogP contribution in [0.15, 0.2) is 21.6 Å². The Morgan fingerprint density at radius 1 is 1.40 bits per heavy atom. The molecular formula is C11H14BrN5O2S. The monoisotopic (exact) mass is 359 g/mol. The summed E-state index contributed by atoms with van der Waals surface area (Å²) >= 11 is 3.31. The second-order valence-corrected chi connectivity index (χ2v) is 6.82. The molecule has 0 aliphatic heterocycles. The SMILES string of the molecule is Cc1cc(NS(=O)(=O)c2c(N)nn(C)c2C)ncc1Br. The summed E-state index contributed by atoms with van der Waals surface area (Å²) in [6, 6.07) is 1.63. The molecule has 0 bridgehead atoms. The maximum atomic E-state index is 12.4. The Morgan fingerprint density at radius 2 is 2.05 bits per heavy atom. The van der Waals surface area contributed by atoms with E-state index in [0.29, 0.717) is 5.69 Å². The molecule has 20 heavy (non-hydrogen) atoms. The number of sulfonamides is 1. The quantitative estimate of drug-likeness (QED) is 0.865. The molecule has 0 radical (unpaired) electrons. The Kier molecular flexibility index (Phi) is 3.74. The van der Waals surface area contributed by atoms with Gasteiger partial charge in [-0.2, -0.15) is 5.10 Å². The zero-order chi connectivity index (χ0) is 15.1. The number of nitrogen functional groups attached to an aromatic ring is 1. The predicted octanol–water partition coefficient (Wildman–Crippen LogP) is 1.58. The molecular weight excluding hydrogens is 346 g/mol. The van der Waals surface area contributed by atoms with Gasteiger partial charge in [-0.05, 0) is 41.4 Å². The van der Waals surface area contributed by atoms with E-state index < -0.39 is 10.0 Å². The minimum absolute atomic E-state index is 0.0256. The normalized spacial score (nSPS) is 11.6. The van der Waals surface area contributed by atoms with Crippen LogP contribution < -0.4 is 10.5 Å². The summed E-state index contributed by atoms with van der Waals surface area (Å²) in [5, 5.41) is 3.90. The van der Waals surface area contributed by atoms with Crippen LogP contribution in [-0.4, -0.2) is 23.2 Å². The second kappa shape index (κ2) is 5.06. The molecule has 0 amide bonds. The Balaban J connectivity index is 2.43. The molecule has 2 aromatic rings. The third-order valence-corrected chi connectivity index (χ3v) is 5.21. The fourth-order valence-electron chi connectivity index (χ4n) is 1.73. The Bertz CT molecular complexity index is 769. The Labute approximate surface area is 125 Å². The lowest BCUT2D eigenvalue weighted by molar-refractivity contribution is 0.600. The van der Waals surface area contributed by atoms with Crippen LogP contribution in [0.2, 0.25) is 0 Å². The first-order chi connectivity index (χ1) is 9.22. The van der Waals surface area contributed by atoms with Gasteiger partial charge in [-0.3, -0.25) is 9.40 Å². The fraction of sp³-hybridized carbons (Fsp3) is 0.273. The van der Waals surface area contributed by atoms with Gasteiger partial charge in [0.2, 0.25) is 0 Å². The molecule has 0 aliphatic carbocycles. The molecule has 3 N–H and O–H groups in total. The summed E-state index contributed by atoms with van der Waals surface area (Å²) in [6.45, 7) is 3.48. The number of hydrogen-bond donors (Lipinski definition) is 2. The van der Waals surface area contributed by atoms with E-state index in [9.17, 15) is 8.42 Å². The van der Waals surface area contributed by atoms with Crippen molar-refractivity contribution in [2.45, 2.75) is 18.7 Å². The van der Waals surface area contributed by atoms with Crippen molar-refractivity contribution >= 4 is 37.6 Å². The third kappa shape index (κ3) is 2.63. The molecule has 108 valence electrons. The number of hydrogen-bond acceptors (Lipinski definition) is 5. The average molecular weight is 360 g/mol. The standard InChI is InChI=1S/C11H14BrN5O2S/c1-6-4-9(14-5-8(6)12)16-20(18,19)10-7(2)17(3)15-11(10)13/h4-5H,1-3H3,(H2,13,15)(H,14,16). The lowest BCUT2D eigenvalue weighted by atomic mass is 10.3. The number of anilines is 2. The Morgan fingerprint density at radius 3 is 2.55 bits per heavy atom. The van der Waals surface area contributed by atoms with Gasteiger partial charge >= 0.3 is 0 Å². The largest absolute Gasteiger partial charge is 0.381 e. The van der Waals surface area contributed by atoms with Gasteiger partial charge in [-0.25, -0.2) is 13.4 Å². The van der Waals surface area contributed by atoms with Crippen LogP contribution in [0.25, 0.3) is 0 Å². The van der Waals surface area contributed by atoms with E-state index >= 15 is 0 Å². The highest BCUT2D eigenvalue weighted by atomic mass is 79.9. The minimum Gasteiger partial charge on any atom is -0.381 e. The molecule has 0 unspecified atom stereocenters. The maximum absolute atomic E-state index is 12.4. The summed E-state index contributed by atoms with van der Waals surface area (Å²) in [6.07, 6.45) is 1.53. The number of rotatable bonds is 3. The molecule has 9 heteroatoms. The van der Waals surface area contributed by atoms with Gasteiger partial charge in [-0.15, -0.1) is 0 Å². The topological polar surface area (TPSA) is 103 Å². The summed E-state index contributed by atoms with van der Waals surface area (Å²) in [5.41, 5.74) is 6.99. The molecule has 0 aliphatic rings. The Hall–Kier alpha value is -1.61. The van der Waals surface area contributed by atoms with Crippen molar-refractivity contribution in [1.82, 2.24) is 14.8 Å². The highest BCUT2D eigenvalue weighted by Gasteiger charge is 2.25. The van der Waals surface area contributed by atoms with E-state index in [2.05, 4.69) is 30.7 Å². The average Bonchev–Trinajstić information content (AvgIpc) is 2.58. The zero-order valence-electron chi connectivity index (χ0n) is 11.2. The van der Waals surface area contributed by atoms with Crippen LogP contribution in [-0.2, 0) is 17.1 Å². The van der Waals surface area contributed by atoms with E-state index in [0.717, 1.165) is 10.0 Å². The van der Waals surface area contributed by atoms with Gasteiger partial charge in [0.15, 0.2) is 10.7 Å². The molecule has 0 atom stereocenters. The molecule has 2 rings (SSSR count). The predicted molar refractivity (Wildman–Crippen MR) is 79.8 cm³/mol. The summed E-state index contributed by atoms with van der Waals surface area (Å²) in [7, 11) is -2.19. The lowest BCUT2D eigenvalue weighted by Crippen LogP contribution is -2.16. The van der Waals surface area contributed by atoms with Gasteiger partial charge < -0.3 is 5.73 Å². The van der Waals surface area contributed by atoms with E-state index in [1.54, 1.807) is 20.0 Å². The van der Waals surface area contributed by atoms with Crippen LogP contribution in [0.4, 0.5) is 11.6 Å². The van der Waals surface area contributed by atoms with E-state index in [1.165, 1.54) is 10.9 Å². The number of halogens is 1. The van der Waals surface area contributed by atoms with Gasteiger partial charge in [0, 0.05) is 17.7 Å². The van der Waals surface area contributed by atoms with Crippen molar-refractivity contribution in [3.05, 3.63) is 28.0 Å². The highest BCUT2D eigenvalue weighted by molar-refractivity contribution is 9.10. The first-order valence-corrected chi connectivity index (χ1v) is 7.94. The van der Waals surface area contributed by atoms with Crippen LogP contribution >= 0.6 is 15.9 Å². The van der Waals surface area contributed by atoms with Crippen LogP contribution in [0.3, 0.4) is 0 Å². The number of nitrogens with two attached hydrogens (primary N) is 1. The summed E-state index contributed by atoms with van der Waals surface area (Å²) in [5.74, 6) is 0.194. The van der Waals surface area contributed by atoms with Crippen LogP contribution in [0.1, 0.15) is 11.3 Å². The molecule has 2 heterocycles. The van der Waals surface area contributed by atoms with Gasteiger partial charge in [0.05, 0.1) is 5.69 Å². The zero-order valence-corrected chi connectivity index (χ0v) is 13.6. The third-order valence-electron chi connectivity index (χ3n) is 2.86. The minimum atomic E-state index is -3.82. The smallest absolute Gasteiger partial charge is 0.268 e. The lowest BCUT2D eigenvalue weighted by Gasteiger charge is -2.08. The van der Waals surface area contributed by atoms with Crippen molar-refractivity contribution < 1.29 is 8.42 Å². The summed E-state index contributed by atoms with van der Waals surface area (Å²) in [4.78, 5) is 3.99. The van der Waals surface area contributed by atoms with Crippen LogP contribution in [0.5, 0.6) is 0 Å². The maximum Gasteiger partial charge on any atom is 0.268 e. The molecule has 0 saturated heterocycles. The molecule has 0 aromatic carbocycles. The first kappa shape index (κ1) is 14.8. The molecule has 0 spiro atoms. The van der Waals surface area contributed by atoms with Gasteiger partial charge in [0.25, 0.3) is 10.0 Å². The van der Waals surface area contributed by atoms with Gasteiger partial charge in [0.1, 0.15) is 5.82 Å². The molecule has 0 saturated carbocycles. The van der Waals surface area contributed by atoms with Gasteiger partial charge in [-0.1, -0.05) is 0 Å². The molecule has 7 nitrogen and oxygen atoms in total. The van der Waals surface area contributed by atoms with E-state index in [4.69, 9.17) is 5.73 Å². The fourth-order valence-corrected chi connectivity index (χ4v) is 3.27. The van der Waals surface area contributed by atoms with Crippen molar-refractivity contribution in [2.24, 2.45) is 7.05 Å². The van der Waals surface area contributed by atoms with Crippen molar-refractivity contribution in [3.63, 3.8) is 0 Å². The molecule has 0 fully saturated rings.